The van der Waals surface area contributed by atoms with Crippen molar-refractivity contribution in [2.24, 2.45) is 5.73 Å². The molecule has 0 saturated carbocycles. The molecule has 0 bridgehead atoms. The minimum absolute atomic E-state index is 0.0470. The normalized spacial score (nSPS) is 10.6. The molecule has 8 nitrogen and oxygen atoms in total. The zero-order valence-electron chi connectivity index (χ0n) is 15.8. The smallest absolute Gasteiger partial charge is 0.269 e. The van der Waals surface area contributed by atoms with E-state index in [1.165, 1.54) is 23.9 Å². The lowest BCUT2D eigenvalue weighted by Gasteiger charge is -2.11. The number of benzene rings is 2. The van der Waals surface area contributed by atoms with Gasteiger partial charge in [0.1, 0.15) is 5.75 Å². The van der Waals surface area contributed by atoms with Crippen molar-refractivity contribution in [1.29, 1.82) is 0 Å². The van der Waals surface area contributed by atoms with E-state index >= 15 is 0 Å². The van der Waals surface area contributed by atoms with E-state index in [2.05, 4.69) is 9.97 Å². The van der Waals surface area contributed by atoms with Gasteiger partial charge < -0.3 is 10.5 Å². The number of methoxy groups -OCH3 is 1. The number of aromatic nitrogens is 2. The van der Waals surface area contributed by atoms with Crippen molar-refractivity contribution in [3.8, 4) is 17.0 Å². The van der Waals surface area contributed by atoms with Crippen molar-refractivity contribution in [1.82, 2.24) is 9.97 Å². The van der Waals surface area contributed by atoms with Crippen LogP contribution in [-0.2, 0) is 5.75 Å². The summed E-state index contributed by atoms with van der Waals surface area (Å²) in [4.78, 5) is 31.3. The third-order valence-corrected chi connectivity index (χ3v) is 5.11. The molecule has 0 radical (unpaired) electrons. The van der Waals surface area contributed by atoms with Crippen LogP contribution in [0, 0.1) is 17.0 Å². The molecule has 29 heavy (non-hydrogen) atoms. The molecular formula is C20H18N4O4S. The molecule has 0 spiro atoms. The Kier molecular flexibility index (Phi) is 6.08. The minimum atomic E-state index is -0.650. The van der Waals surface area contributed by atoms with E-state index in [1.807, 2.05) is 24.3 Å². The van der Waals surface area contributed by atoms with Gasteiger partial charge in [0.25, 0.3) is 11.6 Å². The predicted octanol–water partition coefficient (Wildman–Crippen LogP) is 3.76. The third-order valence-electron chi connectivity index (χ3n) is 4.19. The number of thioether (sulfide) groups is 1. The van der Waals surface area contributed by atoms with Crippen molar-refractivity contribution in [2.75, 3.05) is 7.11 Å². The number of nitrogens with two attached hydrogens (primary N) is 1. The summed E-state index contributed by atoms with van der Waals surface area (Å²) < 4.78 is 5.15. The molecule has 0 saturated heterocycles. The number of carbonyl (C=O) groups excluding carboxylic acids is 1. The quantitative estimate of drug-likeness (QED) is 0.272. The van der Waals surface area contributed by atoms with Crippen LogP contribution < -0.4 is 10.5 Å². The van der Waals surface area contributed by atoms with Crippen LogP contribution in [0.3, 0.4) is 0 Å². The molecule has 2 N–H and O–H groups in total. The minimum Gasteiger partial charge on any atom is -0.497 e. The second-order valence-electron chi connectivity index (χ2n) is 6.12. The Bertz CT molecular complexity index is 1050. The molecule has 1 heterocycles. The van der Waals surface area contributed by atoms with Crippen molar-refractivity contribution in [3.05, 3.63) is 75.5 Å². The summed E-state index contributed by atoms with van der Waals surface area (Å²) in [5, 5.41) is 11.4. The number of nitro benzene ring substituents is 1. The zero-order valence-corrected chi connectivity index (χ0v) is 16.6. The average molecular weight is 410 g/mol. The van der Waals surface area contributed by atoms with E-state index < -0.39 is 10.8 Å². The van der Waals surface area contributed by atoms with Crippen LogP contribution in [0.25, 0.3) is 11.3 Å². The summed E-state index contributed by atoms with van der Waals surface area (Å²) >= 11 is 1.42. The number of rotatable bonds is 7. The van der Waals surface area contributed by atoms with Gasteiger partial charge in [-0.15, -0.1) is 0 Å². The van der Waals surface area contributed by atoms with Crippen molar-refractivity contribution < 1.29 is 14.5 Å². The maximum absolute atomic E-state index is 12.0. The van der Waals surface area contributed by atoms with Crippen LogP contribution in [0.15, 0.2) is 53.7 Å². The first-order valence-electron chi connectivity index (χ1n) is 8.58. The highest BCUT2D eigenvalue weighted by molar-refractivity contribution is 7.98. The molecule has 9 heteroatoms. The second-order valence-corrected chi connectivity index (χ2v) is 7.06. The summed E-state index contributed by atoms with van der Waals surface area (Å²) in [6.45, 7) is 1.69. The van der Waals surface area contributed by atoms with E-state index in [4.69, 9.17) is 10.5 Å². The first-order valence-corrected chi connectivity index (χ1v) is 9.56. The number of nitrogens with zero attached hydrogens (tertiary/aromatic N) is 3. The molecule has 0 aliphatic heterocycles. The van der Waals surface area contributed by atoms with Gasteiger partial charge in [-0.05, 0) is 36.8 Å². The Labute approximate surface area is 171 Å². The first kappa shape index (κ1) is 20.3. The lowest BCUT2D eigenvalue weighted by Crippen LogP contribution is -2.16. The summed E-state index contributed by atoms with van der Waals surface area (Å²) in [6.07, 6.45) is 0. The van der Waals surface area contributed by atoms with E-state index in [-0.39, 0.29) is 11.3 Å². The number of amides is 1. The van der Waals surface area contributed by atoms with E-state index in [1.54, 1.807) is 26.2 Å². The summed E-state index contributed by atoms with van der Waals surface area (Å²) in [5.41, 5.74) is 8.12. The summed E-state index contributed by atoms with van der Waals surface area (Å²) in [6, 6.07) is 13.5. The van der Waals surface area contributed by atoms with E-state index in [9.17, 15) is 14.9 Å². The Morgan fingerprint density at radius 3 is 2.34 bits per heavy atom. The van der Waals surface area contributed by atoms with Crippen LogP contribution in [0.5, 0.6) is 5.75 Å². The van der Waals surface area contributed by atoms with Gasteiger partial charge in [-0.2, -0.15) is 0 Å². The van der Waals surface area contributed by atoms with Gasteiger partial charge in [0.2, 0.25) is 0 Å². The average Bonchev–Trinajstić information content (AvgIpc) is 2.72. The highest BCUT2D eigenvalue weighted by Crippen LogP contribution is 2.29. The molecule has 1 aromatic heterocycles. The zero-order chi connectivity index (χ0) is 21.0. The van der Waals surface area contributed by atoms with Gasteiger partial charge in [0.15, 0.2) is 5.16 Å². The van der Waals surface area contributed by atoms with Gasteiger partial charge in [-0.3, -0.25) is 14.9 Å². The van der Waals surface area contributed by atoms with Crippen LogP contribution in [0.2, 0.25) is 0 Å². The Hall–Kier alpha value is -3.46. The fourth-order valence-corrected chi connectivity index (χ4v) is 3.57. The van der Waals surface area contributed by atoms with E-state index in [0.717, 1.165) is 11.3 Å². The fourth-order valence-electron chi connectivity index (χ4n) is 2.73. The molecule has 0 fully saturated rings. The summed E-state index contributed by atoms with van der Waals surface area (Å²) in [5.74, 6) is 0.749. The number of nitro groups is 1. The molecule has 0 aliphatic rings. The van der Waals surface area contributed by atoms with Crippen LogP contribution in [0.4, 0.5) is 5.69 Å². The summed E-state index contributed by atoms with van der Waals surface area (Å²) in [7, 11) is 1.61. The molecule has 0 unspecified atom stereocenters. The fraction of sp³-hybridized carbons (Fsp3) is 0.150. The lowest BCUT2D eigenvalue weighted by atomic mass is 10.0. The highest BCUT2D eigenvalue weighted by atomic mass is 32.2. The number of hydrogen-bond donors (Lipinski definition) is 1. The standard InChI is InChI=1S/C20H18N4O4S/c1-12-17(19(21)25)18(14-5-7-15(8-6-14)24(26)27)23-20(22-12)29-11-13-3-9-16(28-2)10-4-13/h3-10H,11H2,1-2H3,(H2,21,25). The monoisotopic (exact) mass is 410 g/mol. The topological polar surface area (TPSA) is 121 Å². The molecule has 148 valence electrons. The Morgan fingerprint density at radius 1 is 1.14 bits per heavy atom. The SMILES string of the molecule is COc1ccc(CSc2nc(C)c(C(N)=O)c(-c3ccc([N+](=O)[O-])cc3)n2)cc1. The number of aryl methyl sites for hydroxylation is 1. The van der Waals surface area contributed by atoms with Gasteiger partial charge >= 0.3 is 0 Å². The van der Waals surface area contributed by atoms with Crippen molar-refractivity contribution in [2.45, 2.75) is 17.8 Å². The molecular weight excluding hydrogens is 392 g/mol. The van der Waals surface area contributed by atoms with Crippen LogP contribution in [0.1, 0.15) is 21.6 Å². The Morgan fingerprint density at radius 2 is 1.79 bits per heavy atom. The maximum Gasteiger partial charge on any atom is 0.269 e. The lowest BCUT2D eigenvalue weighted by molar-refractivity contribution is -0.384. The molecule has 3 rings (SSSR count). The van der Waals surface area contributed by atoms with Crippen LogP contribution >= 0.6 is 11.8 Å². The van der Waals surface area contributed by atoms with E-state index in [0.29, 0.717) is 27.9 Å². The number of carbonyl (C=O) groups is 1. The van der Waals surface area contributed by atoms with Gasteiger partial charge in [-0.25, -0.2) is 9.97 Å². The maximum atomic E-state index is 12.0. The number of hydrogen-bond acceptors (Lipinski definition) is 7. The molecule has 3 aromatic rings. The van der Waals surface area contributed by atoms with Gasteiger partial charge in [0.05, 0.1) is 29.0 Å². The number of ether oxygens (including phenoxy) is 1. The van der Waals surface area contributed by atoms with Gasteiger partial charge in [0, 0.05) is 23.4 Å². The van der Waals surface area contributed by atoms with Crippen molar-refractivity contribution >= 4 is 23.4 Å². The largest absolute Gasteiger partial charge is 0.497 e. The first-order chi connectivity index (χ1) is 13.9. The second kappa shape index (κ2) is 8.70. The predicted molar refractivity (Wildman–Crippen MR) is 110 cm³/mol. The molecule has 2 aromatic carbocycles. The molecule has 1 amide bonds. The Balaban J connectivity index is 1.93. The molecule has 0 aliphatic carbocycles. The number of non-ortho nitro benzene ring substituents is 1. The third kappa shape index (κ3) is 4.69. The van der Waals surface area contributed by atoms with Crippen molar-refractivity contribution in [3.63, 3.8) is 0 Å². The number of primary amides is 1. The van der Waals surface area contributed by atoms with Gasteiger partial charge in [-0.1, -0.05) is 23.9 Å². The highest BCUT2D eigenvalue weighted by Gasteiger charge is 2.19. The molecule has 0 atom stereocenters. The van der Waals surface area contributed by atoms with Crippen LogP contribution in [-0.4, -0.2) is 27.9 Å².